The van der Waals surface area contributed by atoms with Crippen LogP contribution in [0.2, 0.25) is 0 Å². The van der Waals surface area contributed by atoms with Crippen molar-refractivity contribution in [3.8, 4) is 0 Å². The van der Waals surface area contributed by atoms with Crippen LogP contribution in [0.5, 0.6) is 0 Å². The number of nitrogens with one attached hydrogen (secondary N) is 1. The van der Waals surface area contributed by atoms with E-state index in [9.17, 15) is 9.00 Å². The Morgan fingerprint density at radius 3 is 2.50 bits per heavy atom. The number of piperidine rings is 1. The molecule has 2 unspecified atom stereocenters. The molecule has 0 saturated carbocycles. The Labute approximate surface area is 113 Å². The summed E-state index contributed by atoms with van der Waals surface area (Å²) in [6.07, 6.45) is 4.35. The van der Waals surface area contributed by atoms with Gasteiger partial charge in [-0.2, -0.15) is 0 Å². The lowest BCUT2D eigenvalue weighted by molar-refractivity contribution is -0.129. The first kappa shape index (κ1) is 15.6. The van der Waals surface area contributed by atoms with E-state index in [-0.39, 0.29) is 17.7 Å². The lowest BCUT2D eigenvalue weighted by atomic mass is 10.1. The van der Waals surface area contributed by atoms with Gasteiger partial charge in [0.1, 0.15) is 5.75 Å². The van der Waals surface area contributed by atoms with Crippen LogP contribution in [0, 0.1) is 0 Å². The Kier molecular flexibility index (Phi) is 7.51. The number of carbonyl (C=O) groups is 1. The van der Waals surface area contributed by atoms with E-state index >= 15 is 0 Å². The summed E-state index contributed by atoms with van der Waals surface area (Å²) < 4.78 is 12.0. The second-order valence-electron chi connectivity index (χ2n) is 4.86. The number of hydrogen-bond acceptors (Lipinski definition) is 3. The highest BCUT2D eigenvalue weighted by Gasteiger charge is 2.19. The van der Waals surface area contributed by atoms with Crippen molar-refractivity contribution in [1.29, 1.82) is 0 Å². The zero-order chi connectivity index (χ0) is 13.4. The number of nitrogens with zero attached hydrogens (tertiary/aromatic N) is 1. The third kappa shape index (κ3) is 5.48. The Morgan fingerprint density at radius 1 is 1.28 bits per heavy atom. The number of likely N-dealkylation sites (tertiary alicyclic amines) is 1. The van der Waals surface area contributed by atoms with E-state index in [1.54, 1.807) is 0 Å². The first-order valence-corrected chi connectivity index (χ1v) is 8.52. The average Bonchev–Trinajstić information content (AvgIpc) is 2.39. The molecule has 0 aromatic rings. The topological polar surface area (TPSA) is 49.4 Å². The third-order valence-electron chi connectivity index (χ3n) is 3.37. The molecular formula is C13H26N2O2S. The van der Waals surface area contributed by atoms with E-state index in [2.05, 4.69) is 12.2 Å². The lowest BCUT2D eigenvalue weighted by Gasteiger charge is -2.26. The highest BCUT2D eigenvalue weighted by Crippen LogP contribution is 2.09. The normalized spacial score (nSPS) is 19.6. The fourth-order valence-corrected chi connectivity index (χ4v) is 3.64. The van der Waals surface area contributed by atoms with Gasteiger partial charge in [-0.1, -0.05) is 13.8 Å². The van der Waals surface area contributed by atoms with E-state index in [1.165, 1.54) is 6.42 Å². The quantitative estimate of drug-likeness (QED) is 0.757. The smallest absolute Gasteiger partial charge is 0.235 e. The van der Waals surface area contributed by atoms with Crippen molar-refractivity contribution in [2.45, 2.75) is 45.6 Å². The minimum Gasteiger partial charge on any atom is -0.342 e. The van der Waals surface area contributed by atoms with Crippen molar-refractivity contribution in [3.05, 3.63) is 0 Å². The van der Waals surface area contributed by atoms with Gasteiger partial charge in [0, 0.05) is 35.7 Å². The predicted octanol–water partition coefficient (Wildman–Crippen LogP) is 1.14. The van der Waals surface area contributed by atoms with Gasteiger partial charge in [0.15, 0.2) is 0 Å². The fourth-order valence-electron chi connectivity index (χ4n) is 2.27. The van der Waals surface area contributed by atoms with Crippen LogP contribution in [0.25, 0.3) is 0 Å². The Morgan fingerprint density at radius 2 is 1.94 bits per heavy atom. The van der Waals surface area contributed by atoms with E-state index in [0.29, 0.717) is 5.75 Å². The predicted molar refractivity (Wildman–Crippen MR) is 76.1 cm³/mol. The van der Waals surface area contributed by atoms with Gasteiger partial charge >= 0.3 is 0 Å². The van der Waals surface area contributed by atoms with Crippen LogP contribution in [-0.2, 0) is 15.6 Å². The van der Waals surface area contributed by atoms with Crippen molar-refractivity contribution in [2.24, 2.45) is 0 Å². The van der Waals surface area contributed by atoms with E-state index in [1.807, 2.05) is 11.8 Å². The SMILES string of the molecule is CCNC(CC)CS(=O)CC(=O)N1CCCCC1. The average molecular weight is 274 g/mol. The molecule has 0 radical (unpaired) electrons. The van der Waals surface area contributed by atoms with E-state index in [0.717, 1.165) is 38.9 Å². The summed E-state index contributed by atoms with van der Waals surface area (Å²) in [6, 6.07) is 0.269. The molecule has 1 saturated heterocycles. The number of hydrogen-bond donors (Lipinski definition) is 1. The molecule has 0 aliphatic carbocycles. The van der Waals surface area contributed by atoms with Crippen LogP contribution >= 0.6 is 0 Å². The molecule has 1 amide bonds. The number of amides is 1. The highest BCUT2D eigenvalue weighted by molar-refractivity contribution is 7.85. The van der Waals surface area contributed by atoms with Gasteiger partial charge in [-0.05, 0) is 32.2 Å². The van der Waals surface area contributed by atoms with Crippen LogP contribution in [0.1, 0.15) is 39.5 Å². The largest absolute Gasteiger partial charge is 0.342 e. The van der Waals surface area contributed by atoms with Gasteiger partial charge in [-0.3, -0.25) is 9.00 Å². The zero-order valence-corrected chi connectivity index (χ0v) is 12.4. The maximum atomic E-state index is 12.0. The second-order valence-corrected chi connectivity index (χ2v) is 6.36. The molecule has 1 N–H and O–H groups in total. The molecule has 5 heteroatoms. The van der Waals surface area contributed by atoms with Gasteiger partial charge in [0.25, 0.3) is 0 Å². The Bertz CT molecular complexity index is 278. The second kappa shape index (κ2) is 8.64. The van der Waals surface area contributed by atoms with Crippen molar-refractivity contribution in [1.82, 2.24) is 10.2 Å². The fraction of sp³-hybridized carbons (Fsp3) is 0.923. The molecule has 1 rings (SSSR count). The van der Waals surface area contributed by atoms with Gasteiger partial charge in [0.2, 0.25) is 5.91 Å². The minimum absolute atomic E-state index is 0.0689. The summed E-state index contributed by atoms with van der Waals surface area (Å²) >= 11 is 0. The van der Waals surface area contributed by atoms with Crippen LogP contribution in [-0.4, -0.2) is 52.2 Å². The molecule has 1 aliphatic heterocycles. The first-order chi connectivity index (χ1) is 8.67. The maximum absolute atomic E-state index is 12.0. The molecule has 1 heterocycles. The van der Waals surface area contributed by atoms with Crippen LogP contribution < -0.4 is 5.32 Å². The maximum Gasteiger partial charge on any atom is 0.235 e. The molecule has 4 nitrogen and oxygen atoms in total. The summed E-state index contributed by atoms with van der Waals surface area (Å²) in [5, 5.41) is 3.30. The Hall–Kier alpha value is -0.420. The molecule has 0 aromatic carbocycles. The van der Waals surface area contributed by atoms with Crippen molar-refractivity contribution < 1.29 is 9.00 Å². The summed E-state index contributed by atoms with van der Waals surface area (Å²) in [5.74, 6) is 0.852. The molecule has 18 heavy (non-hydrogen) atoms. The summed E-state index contributed by atoms with van der Waals surface area (Å²) in [5.41, 5.74) is 0. The highest BCUT2D eigenvalue weighted by atomic mass is 32.2. The van der Waals surface area contributed by atoms with E-state index < -0.39 is 10.8 Å². The molecular weight excluding hydrogens is 248 g/mol. The van der Waals surface area contributed by atoms with Gasteiger partial charge in [-0.15, -0.1) is 0 Å². The van der Waals surface area contributed by atoms with Crippen molar-refractivity contribution in [3.63, 3.8) is 0 Å². The molecule has 1 aliphatic rings. The van der Waals surface area contributed by atoms with Gasteiger partial charge in [-0.25, -0.2) is 0 Å². The first-order valence-electron chi connectivity index (χ1n) is 7.03. The molecule has 0 bridgehead atoms. The zero-order valence-electron chi connectivity index (χ0n) is 11.6. The van der Waals surface area contributed by atoms with Crippen molar-refractivity contribution >= 4 is 16.7 Å². The number of rotatable bonds is 7. The summed E-state index contributed by atoms with van der Waals surface area (Å²) in [4.78, 5) is 13.8. The number of carbonyl (C=O) groups excluding carboxylic acids is 1. The molecule has 0 spiro atoms. The van der Waals surface area contributed by atoms with Gasteiger partial charge in [0.05, 0.1) is 0 Å². The monoisotopic (exact) mass is 274 g/mol. The minimum atomic E-state index is -1.04. The molecule has 1 fully saturated rings. The lowest BCUT2D eigenvalue weighted by Crippen LogP contribution is -2.40. The van der Waals surface area contributed by atoms with Crippen molar-refractivity contribution in [2.75, 3.05) is 31.1 Å². The van der Waals surface area contributed by atoms with Crippen LogP contribution in [0.3, 0.4) is 0 Å². The van der Waals surface area contributed by atoms with E-state index in [4.69, 9.17) is 0 Å². The standard InChI is InChI=1S/C13H26N2O2S/c1-3-12(14-4-2)10-18(17)11-13(16)15-8-6-5-7-9-15/h12,14H,3-11H2,1-2H3. The molecule has 0 aromatic heterocycles. The Balaban J connectivity index is 2.31. The summed E-state index contributed by atoms with van der Waals surface area (Å²) in [7, 11) is -1.04. The third-order valence-corrected chi connectivity index (χ3v) is 4.71. The molecule has 2 atom stereocenters. The van der Waals surface area contributed by atoms with Gasteiger partial charge < -0.3 is 10.2 Å². The summed E-state index contributed by atoms with van der Waals surface area (Å²) in [6.45, 7) is 6.71. The van der Waals surface area contributed by atoms with Crippen LogP contribution in [0.15, 0.2) is 0 Å². The molecule has 106 valence electrons. The van der Waals surface area contributed by atoms with Crippen LogP contribution in [0.4, 0.5) is 0 Å².